The van der Waals surface area contributed by atoms with Crippen LogP contribution in [0.5, 0.6) is 11.5 Å². The number of hydrogen-bond donors (Lipinski definition) is 1. The molecule has 0 saturated heterocycles. The molecule has 0 aliphatic carbocycles. The first-order valence-electron chi connectivity index (χ1n) is 9.56. The Morgan fingerprint density at radius 2 is 1.38 bits per heavy atom. The van der Waals surface area contributed by atoms with Crippen LogP contribution in [0.15, 0.2) is 66.7 Å². The molecule has 0 aliphatic rings. The van der Waals surface area contributed by atoms with Gasteiger partial charge in [-0.25, -0.2) is 19.7 Å². The fraction of sp³-hybridized carbons (Fsp3) is 0.0833. The van der Waals surface area contributed by atoms with E-state index < -0.39 is 5.97 Å². The monoisotopic (exact) mass is 447 g/mol. The lowest BCUT2D eigenvalue weighted by atomic mass is 10.1. The van der Waals surface area contributed by atoms with Gasteiger partial charge in [-0.1, -0.05) is 23.7 Å². The summed E-state index contributed by atoms with van der Waals surface area (Å²) in [5.74, 6) is 1.14. The van der Waals surface area contributed by atoms with Crippen LogP contribution in [0.1, 0.15) is 10.4 Å². The quantitative estimate of drug-likeness (QED) is 0.429. The minimum atomic E-state index is -0.433. The Bertz CT molecular complexity index is 1280. The molecule has 7 nitrogen and oxygen atoms in total. The number of ether oxygens (including phenoxy) is 2. The fourth-order valence-electron chi connectivity index (χ4n) is 3.05. The summed E-state index contributed by atoms with van der Waals surface area (Å²) in [5, 5.41) is 11.1. The third kappa shape index (κ3) is 4.38. The number of carbonyl (C=O) groups is 1. The average Bonchev–Trinajstić information content (AvgIpc) is 2.83. The summed E-state index contributed by atoms with van der Waals surface area (Å²) in [7, 11) is 2.85. The van der Waals surface area contributed by atoms with Crippen molar-refractivity contribution in [3.63, 3.8) is 0 Å². The van der Waals surface area contributed by atoms with E-state index in [1.165, 1.54) is 20.3 Å². The van der Waals surface area contributed by atoms with E-state index in [2.05, 4.69) is 15.0 Å². The van der Waals surface area contributed by atoms with Crippen molar-refractivity contribution in [3.8, 4) is 45.7 Å². The van der Waals surface area contributed by atoms with Crippen molar-refractivity contribution in [2.24, 2.45) is 0 Å². The second-order valence-corrected chi connectivity index (χ2v) is 7.20. The third-order valence-corrected chi connectivity index (χ3v) is 5.00. The van der Waals surface area contributed by atoms with Crippen LogP contribution in [0.3, 0.4) is 0 Å². The molecule has 0 amide bonds. The number of esters is 1. The van der Waals surface area contributed by atoms with Crippen molar-refractivity contribution in [1.82, 2.24) is 15.0 Å². The minimum absolute atomic E-state index is 0.0235. The molecule has 0 aliphatic heterocycles. The van der Waals surface area contributed by atoms with E-state index >= 15 is 0 Å². The Morgan fingerprint density at radius 1 is 0.812 bits per heavy atom. The molecule has 0 spiro atoms. The third-order valence-electron chi connectivity index (χ3n) is 4.75. The van der Waals surface area contributed by atoms with E-state index in [1.54, 1.807) is 60.7 Å². The topological polar surface area (TPSA) is 94.4 Å². The molecule has 160 valence electrons. The Morgan fingerprint density at radius 3 is 1.91 bits per heavy atom. The van der Waals surface area contributed by atoms with Crippen LogP contribution in [0.25, 0.3) is 34.2 Å². The van der Waals surface area contributed by atoms with Crippen molar-refractivity contribution in [1.29, 1.82) is 0 Å². The lowest BCUT2D eigenvalue weighted by molar-refractivity contribution is 0.0600. The highest BCUT2D eigenvalue weighted by molar-refractivity contribution is 6.30. The molecule has 1 heterocycles. The van der Waals surface area contributed by atoms with Crippen molar-refractivity contribution in [2.75, 3.05) is 14.2 Å². The van der Waals surface area contributed by atoms with E-state index in [1.807, 2.05) is 0 Å². The maximum atomic E-state index is 11.7. The molecule has 0 radical (unpaired) electrons. The van der Waals surface area contributed by atoms with Crippen LogP contribution in [0.4, 0.5) is 0 Å². The Balaban J connectivity index is 1.86. The van der Waals surface area contributed by atoms with E-state index in [4.69, 9.17) is 21.1 Å². The molecular weight excluding hydrogens is 430 g/mol. The molecule has 0 unspecified atom stereocenters. The zero-order valence-corrected chi connectivity index (χ0v) is 18.0. The van der Waals surface area contributed by atoms with Gasteiger partial charge in [0.1, 0.15) is 11.5 Å². The number of aromatic hydroxyl groups is 1. The van der Waals surface area contributed by atoms with E-state index in [9.17, 15) is 9.90 Å². The van der Waals surface area contributed by atoms with Gasteiger partial charge in [-0.2, -0.15) is 0 Å². The maximum Gasteiger partial charge on any atom is 0.337 e. The number of aromatic nitrogens is 3. The number of methoxy groups -OCH3 is 2. The van der Waals surface area contributed by atoms with Crippen molar-refractivity contribution < 1.29 is 19.4 Å². The first-order chi connectivity index (χ1) is 15.5. The largest absolute Gasteiger partial charge is 0.507 e. The first-order valence-corrected chi connectivity index (χ1v) is 9.94. The maximum absolute atomic E-state index is 11.7. The zero-order chi connectivity index (χ0) is 22.7. The van der Waals surface area contributed by atoms with Gasteiger partial charge in [-0.15, -0.1) is 0 Å². The molecule has 0 saturated carbocycles. The smallest absolute Gasteiger partial charge is 0.337 e. The molecule has 1 aromatic heterocycles. The summed E-state index contributed by atoms with van der Waals surface area (Å²) in [4.78, 5) is 25.5. The van der Waals surface area contributed by atoms with Crippen LogP contribution in [-0.2, 0) is 4.74 Å². The average molecular weight is 448 g/mol. The SMILES string of the molecule is COC(=O)c1ccc(-c2nc(-c3ccc(Cl)cc3)nc(-c3ccc(OC)cc3O)n2)cc1. The molecule has 0 fully saturated rings. The normalized spacial score (nSPS) is 10.6. The summed E-state index contributed by atoms with van der Waals surface area (Å²) < 4.78 is 9.91. The Kier molecular flexibility index (Phi) is 6.00. The van der Waals surface area contributed by atoms with Crippen molar-refractivity contribution in [3.05, 3.63) is 77.3 Å². The molecular formula is C24H18ClN3O4. The predicted octanol–water partition coefficient (Wildman–Crippen LogP) is 5.03. The Labute approximate surface area is 189 Å². The summed E-state index contributed by atoms with van der Waals surface area (Å²) in [6.07, 6.45) is 0. The van der Waals surface area contributed by atoms with Crippen LogP contribution < -0.4 is 4.74 Å². The van der Waals surface area contributed by atoms with Gasteiger partial charge in [0.25, 0.3) is 0 Å². The number of phenols is 1. The second kappa shape index (κ2) is 9.03. The summed E-state index contributed by atoms with van der Waals surface area (Å²) in [6.45, 7) is 0. The van der Waals surface area contributed by atoms with Gasteiger partial charge in [-0.3, -0.25) is 0 Å². The van der Waals surface area contributed by atoms with E-state index in [0.717, 1.165) is 5.56 Å². The predicted molar refractivity (Wildman–Crippen MR) is 121 cm³/mol. The van der Waals surface area contributed by atoms with E-state index in [-0.39, 0.29) is 11.6 Å². The van der Waals surface area contributed by atoms with Crippen LogP contribution >= 0.6 is 11.6 Å². The highest BCUT2D eigenvalue weighted by Crippen LogP contribution is 2.32. The lowest BCUT2D eigenvalue weighted by Gasteiger charge is -2.10. The lowest BCUT2D eigenvalue weighted by Crippen LogP contribution is -2.02. The number of halogens is 1. The number of rotatable bonds is 5. The number of phenolic OH excluding ortho intramolecular Hbond substituents is 1. The van der Waals surface area contributed by atoms with Crippen molar-refractivity contribution >= 4 is 17.6 Å². The standard InChI is InChI=1S/C24H18ClN3O4/c1-31-18-11-12-19(20(29)13-18)23-27-21(14-3-5-16(6-4-14)24(30)32-2)26-22(28-23)15-7-9-17(25)10-8-15/h3-13,29H,1-2H3. The van der Waals surface area contributed by atoms with Gasteiger partial charge in [-0.05, 0) is 48.5 Å². The number of nitrogens with zero attached hydrogens (tertiary/aromatic N) is 3. The highest BCUT2D eigenvalue weighted by Gasteiger charge is 2.16. The summed E-state index contributed by atoms with van der Waals surface area (Å²) in [6, 6.07) is 18.7. The summed E-state index contributed by atoms with van der Waals surface area (Å²) >= 11 is 6.02. The van der Waals surface area contributed by atoms with Crippen LogP contribution in [0, 0.1) is 0 Å². The molecule has 4 aromatic rings. The molecule has 32 heavy (non-hydrogen) atoms. The Hall–Kier alpha value is -3.97. The first kappa shape index (κ1) is 21.3. The summed E-state index contributed by atoms with van der Waals surface area (Å²) in [5.41, 5.74) is 2.25. The van der Waals surface area contributed by atoms with E-state index in [0.29, 0.717) is 39.1 Å². The van der Waals surface area contributed by atoms with Gasteiger partial charge in [0, 0.05) is 22.2 Å². The van der Waals surface area contributed by atoms with Gasteiger partial charge in [0.2, 0.25) is 0 Å². The number of carbonyl (C=O) groups excluding carboxylic acids is 1. The molecule has 4 rings (SSSR count). The highest BCUT2D eigenvalue weighted by atomic mass is 35.5. The number of benzene rings is 3. The molecule has 8 heteroatoms. The molecule has 1 N–H and O–H groups in total. The second-order valence-electron chi connectivity index (χ2n) is 6.77. The van der Waals surface area contributed by atoms with Gasteiger partial charge >= 0.3 is 5.97 Å². The minimum Gasteiger partial charge on any atom is -0.507 e. The fourth-order valence-corrected chi connectivity index (χ4v) is 3.18. The van der Waals surface area contributed by atoms with Gasteiger partial charge in [0.05, 0.1) is 25.3 Å². The molecule has 0 bridgehead atoms. The zero-order valence-electron chi connectivity index (χ0n) is 17.2. The van der Waals surface area contributed by atoms with Crippen molar-refractivity contribution in [2.45, 2.75) is 0 Å². The number of hydrogen-bond acceptors (Lipinski definition) is 7. The molecule has 3 aromatic carbocycles. The van der Waals surface area contributed by atoms with Crippen LogP contribution in [0.2, 0.25) is 5.02 Å². The van der Waals surface area contributed by atoms with Gasteiger partial charge in [0.15, 0.2) is 17.5 Å². The molecule has 0 atom stereocenters. The van der Waals surface area contributed by atoms with Crippen LogP contribution in [-0.4, -0.2) is 40.2 Å². The van der Waals surface area contributed by atoms with Gasteiger partial charge < -0.3 is 14.6 Å².